The van der Waals surface area contributed by atoms with Gasteiger partial charge in [0.05, 0.1) is 12.4 Å². The number of furan rings is 1. The summed E-state index contributed by atoms with van der Waals surface area (Å²) in [6, 6.07) is 4.58. The van der Waals surface area contributed by atoms with E-state index in [4.69, 9.17) is 16.0 Å². The Morgan fingerprint density at radius 2 is 2.06 bits per heavy atom. The third-order valence-corrected chi connectivity index (χ3v) is 2.73. The lowest BCUT2D eigenvalue weighted by atomic mass is 10.0. The van der Waals surface area contributed by atoms with Gasteiger partial charge < -0.3 is 9.52 Å². The number of halogens is 3. The van der Waals surface area contributed by atoms with Crippen molar-refractivity contribution in [3.63, 3.8) is 0 Å². The van der Waals surface area contributed by atoms with Gasteiger partial charge in [0.25, 0.3) is 0 Å². The van der Waals surface area contributed by atoms with Crippen molar-refractivity contribution < 1.29 is 18.3 Å². The average molecular weight is 259 g/mol. The standard InChI is InChI=1S/C12H9ClF2O2/c13-12-9(3-4-17-12)11(16)6-7-5-8(14)1-2-10(7)15/h1-5,11,16H,6H2. The molecular weight excluding hydrogens is 250 g/mol. The van der Waals surface area contributed by atoms with Gasteiger partial charge in [-0.1, -0.05) is 0 Å². The van der Waals surface area contributed by atoms with E-state index in [2.05, 4.69) is 0 Å². The molecule has 0 saturated heterocycles. The van der Waals surface area contributed by atoms with Crippen LogP contribution in [0.25, 0.3) is 0 Å². The monoisotopic (exact) mass is 258 g/mol. The zero-order chi connectivity index (χ0) is 12.4. The second kappa shape index (κ2) is 4.85. The molecule has 0 aliphatic carbocycles. The van der Waals surface area contributed by atoms with E-state index in [0.29, 0.717) is 5.56 Å². The fourth-order valence-electron chi connectivity index (χ4n) is 1.56. The lowest BCUT2D eigenvalue weighted by Crippen LogP contribution is -2.03. The summed E-state index contributed by atoms with van der Waals surface area (Å²) in [6.45, 7) is 0. The molecule has 2 rings (SSSR count). The van der Waals surface area contributed by atoms with E-state index < -0.39 is 17.7 Å². The van der Waals surface area contributed by atoms with Crippen LogP contribution in [0.2, 0.25) is 5.22 Å². The smallest absolute Gasteiger partial charge is 0.198 e. The normalized spacial score (nSPS) is 12.7. The first-order valence-electron chi connectivity index (χ1n) is 4.93. The van der Waals surface area contributed by atoms with Gasteiger partial charge in [-0.15, -0.1) is 0 Å². The largest absolute Gasteiger partial charge is 0.453 e. The molecule has 0 bridgehead atoms. The second-order valence-electron chi connectivity index (χ2n) is 3.61. The van der Waals surface area contributed by atoms with Gasteiger partial charge in [0.15, 0.2) is 5.22 Å². The Morgan fingerprint density at radius 1 is 1.29 bits per heavy atom. The number of aliphatic hydroxyl groups excluding tert-OH is 1. The molecule has 1 unspecified atom stereocenters. The highest BCUT2D eigenvalue weighted by Gasteiger charge is 2.16. The third-order valence-electron chi connectivity index (χ3n) is 2.43. The summed E-state index contributed by atoms with van der Waals surface area (Å²) >= 11 is 5.68. The molecule has 0 amide bonds. The van der Waals surface area contributed by atoms with Gasteiger partial charge >= 0.3 is 0 Å². The van der Waals surface area contributed by atoms with E-state index in [0.717, 1.165) is 18.2 Å². The molecular formula is C12H9ClF2O2. The van der Waals surface area contributed by atoms with Gasteiger partial charge in [0.2, 0.25) is 0 Å². The summed E-state index contributed by atoms with van der Waals surface area (Å²) in [7, 11) is 0. The van der Waals surface area contributed by atoms with E-state index >= 15 is 0 Å². The number of hydrogen-bond acceptors (Lipinski definition) is 2. The highest BCUT2D eigenvalue weighted by molar-refractivity contribution is 6.29. The van der Waals surface area contributed by atoms with Crippen LogP contribution in [0.4, 0.5) is 8.78 Å². The summed E-state index contributed by atoms with van der Waals surface area (Å²) in [5.74, 6) is -1.11. The summed E-state index contributed by atoms with van der Waals surface area (Å²) in [4.78, 5) is 0. The lowest BCUT2D eigenvalue weighted by molar-refractivity contribution is 0.176. The molecule has 0 saturated carbocycles. The van der Waals surface area contributed by atoms with Crippen LogP contribution in [0.5, 0.6) is 0 Å². The predicted octanol–water partition coefficient (Wildman–Crippen LogP) is 3.49. The van der Waals surface area contributed by atoms with Crippen molar-refractivity contribution in [3.8, 4) is 0 Å². The summed E-state index contributed by atoms with van der Waals surface area (Å²) in [6.07, 6.45) is 0.226. The molecule has 1 aromatic carbocycles. The van der Waals surface area contributed by atoms with Crippen LogP contribution in [0.15, 0.2) is 34.9 Å². The zero-order valence-corrected chi connectivity index (χ0v) is 9.42. The van der Waals surface area contributed by atoms with Crippen molar-refractivity contribution in [1.82, 2.24) is 0 Å². The molecule has 5 heteroatoms. The minimum Gasteiger partial charge on any atom is -0.453 e. The first-order chi connectivity index (χ1) is 8.08. The maximum Gasteiger partial charge on any atom is 0.198 e. The van der Waals surface area contributed by atoms with Gasteiger partial charge in [0.1, 0.15) is 11.6 Å². The van der Waals surface area contributed by atoms with Crippen LogP contribution >= 0.6 is 11.6 Å². The van der Waals surface area contributed by atoms with Crippen molar-refractivity contribution >= 4 is 11.6 Å². The Kier molecular flexibility index (Phi) is 3.45. The van der Waals surface area contributed by atoms with E-state index in [-0.39, 0.29) is 17.2 Å². The van der Waals surface area contributed by atoms with E-state index in [1.807, 2.05) is 0 Å². The van der Waals surface area contributed by atoms with Crippen LogP contribution in [0.3, 0.4) is 0 Å². The maximum atomic E-state index is 13.3. The fraction of sp³-hybridized carbons (Fsp3) is 0.167. The highest BCUT2D eigenvalue weighted by atomic mass is 35.5. The van der Waals surface area contributed by atoms with Crippen LogP contribution in [-0.2, 0) is 6.42 Å². The Labute approximate surface area is 101 Å². The lowest BCUT2D eigenvalue weighted by Gasteiger charge is -2.09. The Hall–Kier alpha value is -1.39. The van der Waals surface area contributed by atoms with Crippen LogP contribution in [0, 0.1) is 11.6 Å². The Morgan fingerprint density at radius 3 is 2.71 bits per heavy atom. The van der Waals surface area contributed by atoms with Crippen molar-refractivity contribution in [1.29, 1.82) is 0 Å². The minimum atomic E-state index is -1.03. The van der Waals surface area contributed by atoms with Crippen LogP contribution in [0.1, 0.15) is 17.2 Å². The summed E-state index contributed by atoms with van der Waals surface area (Å²) in [5, 5.41) is 9.88. The van der Waals surface area contributed by atoms with Crippen molar-refractivity contribution in [3.05, 3.63) is 58.5 Å². The van der Waals surface area contributed by atoms with Gasteiger partial charge in [0, 0.05) is 12.0 Å². The van der Waals surface area contributed by atoms with Gasteiger partial charge in [-0.25, -0.2) is 8.78 Å². The molecule has 1 heterocycles. The molecule has 1 atom stereocenters. The molecule has 0 fully saturated rings. The van der Waals surface area contributed by atoms with Gasteiger partial charge in [-0.3, -0.25) is 0 Å². The zero-order valence-electron chi connectivity index (χ0n) is 8.66. The van der Waals surface area contributed by atoms with E-state index in [1.165, 1.54) is 12.3 Å². The SMILES string of the molecule is OC(Cc1cc(F)ccc1F)c1ccoc1Cl. The van der Waals surface area contributed by atoms with Crippen LogP contribution in [-0.4, -0.2) is 5.11 Å². The van der Waals surface area contributed by atoms with Crippen molar-refractivity contribution in [2.45, 2.75) is 12.5 Å². The quantitative estimate of drug-likeness (QED) is 0.914. The number of benzene rings is 1. The first kappa shape index (κ1) is 12.1. The molecule has 0 aliphatic rings. The van der Waals surface area contributed by atoms with Gasteiger partial charge in [-0.2, -0.15) is 0 Å². The Bertz CT molecular complexity index is 525. The molecule has 0 aliphatic heterocycles. The predicted molar refractivity (Wildman–Crippen MR) is 58.7 cm³/mol. The number of hydrogen-bond donors (Lipinski definition) is 1. The van der Waals surface area contributed by atoms with E-state index in [9.17, 15) is 13.9 Å². The van der Waals surface area contributed by atoms with E-state index in [1.54, 1.807) is 0 Å². The van der Waals surface area contributed by atoms with Gasteiger partial charge in [-0.05, 0) is 41.4 Å². The maximum absolute atomic E-state index is 13.3. The Balaban J connectivity index is 2.21. The molecule has 17 heavy (non-hydrogen) atoms. The number of rotatable bonds is 3. The molecule has 0 radical (unpaired) electrons. The molecule has 1 N–H and O–H groups in total. The molecule has 90 valence electrons. The minimum absolute atomic E-state index is 0.0503. The first-order valence-corrected chi connectivity index (χ1v) is 5.30. The van der Waals surface area contributed by atoms with Crippen molar-refractivity contribution in [2.75, 3.05) is 0 Å². The molecule has 0 spiro atoms. The van der Waals surface area contributed by atoms with Crippen molar-refractivity contribution in [2.24, 2.45) is 0 Å². The molecule has 2 nitrogen and oxygen atoms in total. The summed E-state index contributed by atoms with van der Waals surface area (Å²) in [5.41, 5.74) is 0.449. The summed E-state index contributed by atoms with van der Waals surface area (Å²) < 4.78 is 31.1. The number of aliphatic hydroxyl groups is 1. The average Bonchev–Trinajstić information content (AvgIpc) is 2.70. The molecule has 1 aromatic heterocycles. The van der Waals surface area contributed by atoms with Crippen LogP contribution < -0.4 is 0 Å². The topological polar surface area (TPSA) is 33.4 Å². The highest BCUT2D eigenvalue weighted by Crippen LogP contribution is 2.27. The third kappa shape index (κ3) is 2.65. The molecule has 2 aromatic rings. The fourth-order valence-corrected chi connectivity index (χ4v) is 1.80. The second-order valence-corrected chi connectivity index (χ2v) is 3.95.